The minimum Gasteiger partial charge on any atom is -0.381 e. The predicted octanol–water partition coefficient (Wildman–Crippen LogP) is 4.07. The van der Waals surface area contributed by atoms with Crippen LogP contribution in [0.2, 0.25) is 0 Å². The van der Waals surface area contributed by atoms with Gasteiger partial charge in [0.25, 0.3) is 0 Å². The number of thiazole rings is 1. The lowest BCUT2D eigenvalue weighted by atomic mass is 9.87. The van der Waals surface area contributed by atoms with Crippen LogP contribution in [0.25, 0.3) is 10.2 Å². The molecule has 40 heavy (non-hydrogen) atoms. The van der Waals surface area contributed by atoms with Crippen LogP contribution in [0.5, 0.6) is 0 Å². The largest absolute Gasteiger partial charge is 0.381 e. The van der Waals surface area contributed by atoms with E-state index in [4.69, 9.17) is 9.72 Å². The van der Waals surface area contributed by atoms with Crippen LogP contribution in [-0.2, 0) is 32.0 Å². The minimum atomic E-state index is -0.547. The van der Waals surface area contributed by atoms with Crippen LogP contribution in [0.1, 0.15) is 62.4 Å². The first-order chi connectivity index (χ1) is 19.4. The first-order valence-electron chi connectivity index (χ1n) is 14.8. The van der Waals surface area contributed by atoms with Gasteiger partial charge in [-0.25, -0.2) is 4.98 Å². The van der Waals surface area contributed by atoms with E-state index in [1.165, 1.54) is 18.4 Å². The number of ether oxygens (including phenoxy) is 1. The molecular formula is C31H44N4O4S. The van der Waals surface area contributed by atoms with Crippen LogP contribution in [0.15, 0.2) is 30.4 Å². The van der Waals surface area contributed by atoms with Gasteiger partial charge in [-0.2, -0.15) is 0 Å². The van der Waals surface area contributed by atoms with Crippen LogP contribution in [0, 0.1) is 11.8 Å². The Morgan fingerprint density at radius 3 is 2.65 bits per heavy atom. The van der Waals surface area contributed by atoms with Gasteiger partial charge in [0.05, 0.1) is 21.1 Å². The van der Waals surface area contributed by atoms with Gasteiger partial charge in [0, 0.05) is 57.7 Å². The molecule has 2 aliphatic rings. The molecule has 2 saturated heterocycles. The molecule has 2 aliphatic heterocycles. The molecule has 0 spiro atoms. The van der Waals surface area contributed by atoms with Crippen molar-refractivity contribution < 1.29 is 19.1 Å². The fraction of sp³-hybridized carbons (Fsp3) is 0.613. The van der Waals surface area contributed by atoms with Crippen molar-refractivity contribution in [1.29, 1.82) is 0 Å². The first kappa shape index (κ1) is 30.3. The van der Waals surface area contributed by atoms with Crippen LogP contribution < -0.4 is 10.6 Å². The maximum Gasteiger partial charge on any atom is 0.224 e. The molecule has 0 unspecified atom stereocenters. The summed E-state index contributed by atoms with van der Waals surface area (Å²) in [6, 6.07) is 6.10. The van der Waals surface area contributed by atoms with Crippen LogP contribution >= 0.6 is 11.3 Å². The summed E-state index contributed by atoms with van der Waals surface area (Å²) in [5.41, 5.74) is 2.82. The fourth-order valence-corrected chi connectivity index (χ4v) is 6.84. The zero-order valence-electron chi connectivity index (χ0n) is 24.0. The molecule has 0 radical (unpaired) electrons. The Balaban J connectivity index is 1.44. The van der Waals surface area contributed by atoms with E-state index in [0.29, 0.717) is 44.6 Å². The average molecular weight is 569 g/mol. The standard InChI is InChI=1S/C31H44N4O4S/c1-4-22-7-8-26-28(17-22)40-30(33-26)19-24(18-29(37)32-3)31(38)34-25(23-11-15-39-16-12-23)9-10-27(36)21(2)20-35-13-5-6-14-35/h7-8,17,23-25H,2,4-6,9-16,18-20H2,1,3H3,(H,32,37)(H,34,38)/t24-,25+/m0/s1. The highest BCUT2D eigenvalue weighted by atomic mass is 32.1. The Labute approximate surface area is 241 Å². The van der Waals surface area contributed by atoms with Crippen molar-refractivity contribution in [3.05, 3.63) is 40.9 Å². The predicted molar refractivity (Wildman–Crippen MR) is 159 cm³/mol. The number of rotatable bonds is 14. The smallest absolute Gasteiger partial charge is 0.224 e. The molecule has 9 heteroatoms. The summed E-state index contributed by atoms with van der Waals surface area (Å²) in [7, 11) is 1.59. The minimum absolute atomic E-state index is 0.0704. The second-order valence-corrected chi connectivity index (χ2v) is 12.3. The summed E-state index contributed by atoms with van der Waals surface area (Å²) >= 11 is 1.59. The normalized spacial score (nSPS) is 17.9. The number of hydrogen-bond donors (Lipinski definition) is 2. The van der Waals surface area contributed by atoms with Crippen molar-refractivity contribution in [1.82, 2.24) is 20.5 Å². The summed E-state index contributed by atoms with van der Waals surface area (Å²) in [4.78, 5) is 46.2. The number of aromatic nitrogens is 1. The number of amides is 2. The quantitative estimate of drug-likeness (QED) is 0.334. The Morgan fingerprint density at radius 1 is 1.20 bits per heavy atom. The third-order valence-corrected chi connectivity index (χ3v) is 9.30. The van der Waals surface area contributed by atoms with E-state index < -0.39 is 5.92 Å². The zero-order chi connectivity index (χ0) is 28.5. The van der Waals surface area contributed by atoms with Crippen LogP contribution in [0.4, 0.5) is 0 Å². The van der Waals surface area contributed by atoms with Crippen molar-refractivity contribution in [2.24, 2.45) is 11.8 Å². The monoisotopic (exact) mass is 568 g/mol. The van der Waals surface area contributed by atoms with Gasteiger partial charge in [-0.15, -0.1) is 11.3 Å². The second kappa shape index (κ2) is 14.8. The van der Waals surface area contributed by atoms with Gasteiger partial charge in [0.15, 0.2) is 5.78 Å². The Morgan fingerprint density at radius 2 is 1.95 bits per heavy atom. The van der Waals surface area contributed by atoms with E-state index in [2.05, 4.69) is 41.2 Å². The molecule has 4 rings (SSSR count). The van der Waals surface area contributed by atoms with E-state index in [-0.39, 0.29) is 36.0 Å². The molecule has 1 aromatic carbocycles. The highest BCUT2D eigenvalue weighted by Crippen LogP contribution is 2.28. The summed E-state index contributed by atoms with van der Waals surface area (Å²) in [6.45, 7) is 10.2. The second-order valence-electron chi connectivity index (χ2n) is 11.2. The van der Waals surface area contributed by atoms with Crippen LogP contribution in [0.3, 0.4) is 0 Å². The number of hydrogen-bond acceptors (Lipinski definition) is 7. The fourth-order valence-electron chi connectivity index (χ4n) is 5.72. The lowest BCUT2D eigenvalue weighted by Gasteiger charge is -2.32. The summed E-state index contributed by atoms with van der Waals surface area (Å²) in [5.74, 6) is -0.578. The number of Topliss-reactive ketones (excluding diaryl/α,β-unsaturated/α-hetero) is 1. The van der Waals surface area contributed by atoms with E-state index in [1.54, 1.807) is 18.4 Å². The van der Waals surface area contributed by atoms with Crippen molar-refractivity contribution in [2.75, 3.05) is 39.9 Å². The molecule has 2 N–H and O–H groups in total. The molecule has 0 aliphatic carbocycles. The maximum atomic E-state index is 13.7. The van der Waals surface area contributed by atoms with Gasteiger partial charge < -0.3 is 15.4 Å². The summed E-state index contributed by atoms with van der Waals surface area (Å²) in [5, 5.41) is 6.78. The SMILES string of the molecule is C=C(CN1CCCC1)C(=O)CC[C@@H](NC(=O)[C@@H](CC(=O)NC)Cc1nc2ccc(CC)cc2s1)C1CCOCC1. The van der Waals surface area contributed by atoms with E-state index in [1.807, 2.05) is 6.07 Å². The van der Waals surface area contributed by atoms with Gasteiger partial charge >= 0.3 is 0 Å². The molecule has 0 bridgehead atoms. The lowest BCUT2D eigenvalue weighted by molar-refractivity contribution is -0.131. The number of carbonyl (C=O) groups is 3. The van der Waals surface area contributed by atoms with Crippen molar-refractivity contribution >= 4 is 39.2 Å². The Bertz CT molecular complexity index is 1180. The van der Waals surface area contributed by atoms with Gasteiger partial charge in [-0.3, -0.25) is 19.3 Å². The lowest BCUT2D eigenvalue weighted by Crippen LogP contribution is -2.46. The maximum absolute atomic E-state index is 13.7. The summed E-state index contributed by atoms with van der Waals surface area (Å²) in [6.07, 6.45) is 6.37. The van der Waals surface area contributed by atoms with Gasteiger partial charge in [-0.05, 0) is 75.2 Å². The van der Waals surface area contributed by atoms with E-state index in [0.717, 1.165) is 47.6 Å². The average Bonchev–Trinajstić information content (AvgIpc) is 3.63. The number of benzene rings is 1. The topological polar surface area (TPSA) is 101 Å². The molecule has 8 nitrogen and oxygen atoms in total. The molecule has 3 heterocycles. The highest BCUT2D eigenvalue weighted by molar-refractivity contribution is 7.18. The Kier molecular flexibility index (Phi) is 11.3. The number of nitrogens with zero attached hydrogens (tertiary/aromatic N) is 2. The number of nitrogens with one attached hydrogen (secondary N) is 2. The molecule has 2 amide bonds. The number of fused-ring (bicyclic) bond motifs is 1. The molecule has 2 atom stereocenters. The van der Waals surface area contributed by atoms with E-state index in [9.17, 15) is 14.4 Å². The molecule has 218 valence electrons. The van der Waals surface area contributed by atoms with Crippen molar-refractivity contribution in [3.8, 4) is 0 Å². The molecular weight excluding hydrogens is 524 g/mol. The number of ketones is 1. The summed E-state index contributed by atoms with van der Waals surface area (Å²) < 4.78 is 6.67. The first-order valence-corrected chi connectivity index (χ1v) is 15.6. The molecule has 2 fully saturated rings. The third-order valence-electron chi connectivity index (χ3n) is 8.26. The Hall–Kier alpha value is -2.62. The molecule has 0 saturated carbocycles. The van der Waals surface area contributed by atoms with Gasteiger partial charge in [0.1, 0.15) is 0 Å². The zero-order valence-corrected chi connectivity index (χ0v) is 24.8. The molecule has 1 aromatic heterocycles. The molecule has 2 aromatic rings. The van der Waals surface area contributed by atoms with Gasteiger partial charge in [-0.1, -0.05) is 19.6 Å². The number of aryl methyl sites for hydroxylation is 1. The third kappa shape index (κ3) is 8.44. The van der Waals surface area contributed by atoms with Crippen molar-refractivity contribution in [3.63, 3.8) is 0 Å². The van der Waals surface area contributed by atoms with Crippen LogP contribution in [-0.4, -0.2) is 73.4 Å². The van der Waals surface area contributed by atoms with E-state index >= 15 is 0 Å². The number of carbonyl (C=O) groups excluding carboxylic acids is 3. The van der Waals surface area contributed by atoms with Gasteiger partial charge in [0.2, 0.25) is 11.8 Å². The number of likely N-dealkylation sites (tertiary alicyclic amines) is 1. The van der Waals surface area contributed by atoms with Crippen molar-refractivity contribution in [2.45, 2.75) is 70.8 Å². The highest BCUT2D eigenvalue weighted by Gasteiger charge is 2.30.